The zero-order valence-electron chi connectivity index (χ0n) is 31.2. The number of rotatable bonds is 28. The van der Waals surface area contributed by atoms with Crippen molar-refractivity contribution >= 4 is 17.7 Å². The predicted molar refractivity (Wildman–Crippen MR) is 192 cm³/mol. The summed E-state index contributed by atoms with van der Waals surface area (Å²) < 4.78 is 15.6. The number of esters is 1. The summed E-state index contributed by atoms with van der Waals surface area (Å²) >= 11 is 0. The van der Waals surface area contributed by atoms with Crippen molar-refractivity contribution in [2.24, 2.45) is 0 Å². The number of ketones is 1. The maximum atomic E-state index is 12.4. The highest BCUT2D eigenvalue weighted by Crippen LogP contribution is 2.25. The Balaban J connectivity index is 1.50. The Morgan fingerprint density at radius 2 is 1.33 bits per heavy atom. The van der Waals surface area contributed by atoms with Crippen LogP contribution < -0.4 is 0 Å². The van der Waals surface area contributed by atoms with Gasteiger partial charge in [-0.05, 0) is 37.8 Å². The van der Waals surface area contributed by atoms with E-state index in [9.17, 15) is 65.4 Å². The number of hydrogen-bond donors (Lipinski definition) is 10. The van der Waals surface area contributed by atoms with E-state index in [4.69, 9.17) is 14.2 Å². The van der Waals surface area contributed by atoms with Gasteiger partial charge >= 0.3 is 11.9 Å². The average Bonchev–Trinajstić information content (AvgIpc) is 3.14. The summed E-state index contributed by atoms with van der Waals surface area (Å²) in [6.45, 7) is -0.0543. The fraction of sp³-hybridized carbons (Fsp3) is 0.763. The summed E-state index contributed by atoms with van der Waals surface area (Å²) in [5, 5.41) is 99.1. The normalized spacial score (nSPS) is 22.9. The predicted octanol–water partition coefficient (Wildman–Crippen LogP) is 1.25. The van der Waals surface area contributed by atoms with Gasteiger partial charge in [0.15, 0.2) is 12.4 Å². The molecule has 1 fully saturated rings. The Bertz CT molecular complexity index is 1240. The highest BCUT2D eigenvalue weighted by Gasteiger charge is 2.46. The van der Waals surface area contributed by atoms with Gasteiger partial charge in [0.05, 0.1) is 19.3 Å². The summed E-state index contributed by atoms with van der Waals surface area (Å²) in [5.74, 6) is -2.80. The van der Waals surface area contributed by atoms with Crippen LogP contribution in [0.15, 0.2) is 18.2 Å². The van der Waals surface area contributed by atoms with Crippen molar-refractivity contribution in [2.75, 3.05) is 13.2 Å². The van der Waals surface area contributed by atoms with Crippen molar-refractivity contribution in [3.63, 3.8) is 0 Å². The molecule has 0 aliphatic carbocycles. The molecule has 0 aromatic heterocycles. The average molecular weight is 775 g/mol. The lowest BCUT2D eigenvalue weighted by atomic mass is 9.98. The molecule has 2 unspecified atom stereocenters. The summed E-state index contributed by atoms with van der Waals surface area (Å²) in [7, 11) is 0. The monoisotopic (exact) mass is 774 g/mol. The Labute approximate surface area is 316 Å². The lowest BCUT2D eigenvalue weighted by Gasteiger charge is -2.41. The molecular weight excluding hydrogens is 712 g/mol. The van der Waals surface area contributed by atoms with E-state index in [1.54, 1.807) is 13.0 Å². The third-order valence-corrected chi connectivity index (χ3v) is 9.75. The van der Waals surface area contributed by atoms with Crippen LogP contribution in [0.1, 0.15) is 119 Å². The number of carbonyl (C=O) groups is 3. The van der Waals surface area contributed by atoms with Crippen LogP contribution in [0, 0.1) is 0 Å². The Hall–Kier alpha value is -2.77. The van der Waals surface area contributed by atoms with Gasteiger partial charge in [-0.2, -0.15) is 0 Å². The minimum absolute atomic E-state index is 0.00322. The van der Waals surface area contributed by atoms with Crippen LogP contribution in [0.25, 0.3) is 0 Å². The molecule has 10 N–H and O–H groups in total. The van der Waals surface area contributed by atoms with Crippen LogP contribution in [0.2, 0.25) is 0 Å². The van der Waals surface area contributed by atoms with Crippen molar-refractivity contribution in [2.45, 2.75) is 171 Å². The number of aliphatic hydroxyl groups is 8. The highest BCUT2D eigenvalue weighted by atomic mass is 16.7. The number of carboxylic acids is 1. The molecular formula is C38H62O16. The Morgan fingerprint density at radius 3 is 1.87 bits per heavy atom. The Morgan fingerprint density at radius 1 is 0.778 bits per heavy atom. The molecule has 0 spiro atoms. The summed E-state index contributed by atoms with van der Waals surface area (Å²) in [5.41, 5.74) is 0.125. The lowest BCUT2D eigenvalue weighted by molar-refractivity contribution is -0.322. The van der Waals surface area contributed by atoms with Gasteiger partial charge in [-0.3, -0.25) is 4.79 Å². The molecule has 1 aliphatic heterocycles. The summed E-state index contributed by atoms with van der Waals surface area (Å²) in [4.78, 5) is 36.1. The SMILES string of the molecule is CC(CCCCCCCCCCCCCCCC(=O)Cc1cccc(O)c1C(=O)O)OC(=O)[C@@H](O)[C@@H](O)[C@H](O)[C@@H](CO)OC1O[C@H](CO)[C@@H](O)[C@H](O)[C@@H]1O. The van der Waals surface area contributed by atoms with Crippen molar-refractivity contribution in [1.29, 1.82) is 0 Å². The zero-order chi connectivity index (χ0) is 40.2. The van der Waals surface area contributed by atoms with E-state index in [2.05, 4.69) is 0 Å². The van der Waals surface area contributed by atoms with E-state index in [1.807, 2.05) is 0 Å². The minimum Gasteiger partial charge on any atom is -0.507 e. The van der Waals surface area contributed by atoms with Crippen molar-refractivity contribution in [3.05, 3.63) is 29.3 Å². The maximum absolute atomic E-state index is 12.4. The molecule has 0 bridgehead atoms. The van der Waals surface area contributed by atoms with E-state index < -0.39 is 86.4 Å². The van der Waals surface area contributed by atoms with Gasteiger partial charge in [-0.25, -0.2) is 9.59 Å². The molecule has 0 radical (unpaired) electrons. The third-order valence-electron chi connectivity index (χ3n) is 9.75. The molecule has 16 heteroatoms. The highest BCUT2D eigenvalue weighted by molar-refractivity contribution is 5.94. The number of carboxylic acid groups (broad SMARTS) is 1. The van der Waals surface area contributed by atoms with Gasteiger partial charge < -0.3 is 65.3 Å². The minimum atomic E-state index is -2.19. The number of unbranched alkanes of at least 4 members (excludes halogenated alkanes) is 12. The second kappa shape index (κ2) is 25.4. The van der Waals surface area contributed by atoms with Crippen LogP contribution in [0.3, 0.4) is 0 Å². The first-order chi connectivity index (χ1) is 25.7. The van der Waals surface area contributed by atoms with Gasteiger partial charge in [0.2, 0.25) is 0 Å². The molecule has 1 aromatic rings. The second-order valence-electron chi connectivity index (χ2n) is 14.2. The molecule has 310 valence electrons. The van der Waals surface area contributed by atoms with Crippen molar-refractivity contribution in [1.82, 2.24) is 0 Å². The number of aromatic hydroxyl groups is 1. The number of ether oxygens (including phenoxy) is 3. The quantitative estimate of drug-likeness (QED) is 0.0424. The second-order valence-corrected chi connectivity index (χ2v) is 14.2. The number of phenols is 1. The fourth-order valence-corrected chi connectivity index (χ4v) is 6.44. The van der Waals surface area contributed by atoms with Gasteiger partial charge in [0, 0.05) is 12.8 Å². The van der Waals surface area contributed by atoms with Gasteiger partial charge in [-0.1, -0.05) is 82.8 Å². The number of benzene rings is 1. The van der Waals surface area contributed by atoms with Crippen molar-refractivity contribution in [3.8, 4) is 5.75 Å². The third kappa shape index (κ3) is 15.8. The first kappa shape index (κ1) is 47.4. The molecule has 54 heavy (non-hydrogen) atoms. The molecule has 16 nitrogen and oxygen atoms in total. The molecule has 1 heterocycles. The van der Waals surface area contributed by atoms with E-state index >= 15 is 0 Å². The van der Waals surface area contributed by atoms with Crippen LogP contribution in [-0.2, 0) is 30.2 Å². The summed E-state index contributed by atoms with van der Waals surface area (Å²) in [6.07, 6.45) is -2.73. The number of aliphatic hydroxyl groups excluding tert-OH is 8. The van der Waals surface area contributed by atoms with E-state index in [-0.39, 0.29) is 23.5 Å². The van der Waals surface area contributed by atoms with Gasteiger partial charge in [-0.15, -0.1) is 0 Å². The zero-order valence-corrected chi connectivity index (χ0v) is 31.2. The number of hydrogen-bond acceptors (Lipinski definition) is 15. The van der Waals surface area contributed by atoms with E-state index in [0.717, 1.165) is 83.5 Å². The molecule has 0 amide bonds. The van der Waals surface area contributed by atoms with E-state index in [1.165, 1.54) is 12.1 Å². The Kier molecular flexibility index (Phi) is 22.3. The van der Waals surface area contributed by atoms with E-state index in [0.29, 0.717) is 18.4 Å². The van der Waals surface area contributed by atoms with Crippen LogP contribution in [-0.4, -0.2) is 143 Å². The number of aromatic carboxylic acids is 1. The number of Topliss-reactive ketones (excluding diaryl/α,β-unsaturated/α-hetero) is 1. The fourth-order valence-electron chi connectivity index (χ4n) is 6.44. The standard InChI is InChI=1S/C38H62O16/c1-23(52-37(51)34(47)32(45)30(43)27(21-39)53-38-35(48)33(46)31(44)28(22-40)54-38)16-13-11-9-7-5-3-2-4-6-8-10-12-14-18-25(41)20-24-17-15-19-26(42)29(24)36(49)50/h15,17,19,23,27-28,30-35,38-40,42-48H,2-14,16,18,20-22H2,1H3,(H,49,50)/t23?,27-,28-,30-,31-,32+,33+,34+,35+,38?/m1/s1. The molecule has 1 aromatic carbocycles. The maximum Gasteiger partial charge on any atom is 0.339 e. The molecule has 0 saturated carbocycles. The molecule has 2 rings (SSSR count). The van der Waals surface area contributed by atoms with Crippen LogP contribution in [0.5, 0.6) is 5.75 Å². The molecule has 10 atom stereocenters. The number of carbonyl (C=O) groups excluding carboxylic acids is 2. The first-order valence-electron chi connectivity index (χ1n) is 19.1. The first-order valence-corrected chi connectivity index (χ1v) is 19.1. The van der Waals surface area contributed by atoms with Gasteiger partial charge in [0.1, 0.15) is 59.8 Å². The van der Waals surface area contributed by atoms with Gasteiger partial charge in [0.25, 0.3) is 0 Å². The van der Waals surface area contributed by atoms with Crippen LogP contribution >= 0.6 is 0 Å². The van der Waals surface area contributed by atoms with Crippen molar-refractivity contribution < 1.29 is 79.7 Å². The molecule has 1 aliphatic rings. The smallest absolute Gasteiger partial charge is 0.339 e. The topological polar surface area (TPSA) is 281 Å². The summed E-state index contributed by atoms with van der Waals surface area (Å²) in [6, 6.07) is 4.39. The largest absolute Gasteiger partial charge is 0.507 e. The molecule has 1 saturated heterocycles. The van der Waals surface area contributed by atoms with Crippen LogP contribution in [0.4, 0.5) is 0 Å². The lowest BCUT2D eigenvalue weighted by Crippen LogP contribution is -2.61.